The van der Waals surface area contributed by atoms with E-state index in [-0.39, 0.29) is 0 Å². The van der Waals surface area contributed by atoms with Crippen LogP contribution >= 0.6 is 22.6 Å². The van der Waals surface area contributed by atoms with Gasteiger partial charge in [-0.1, -0.05) is 11.5 Å². The molecule has 0 radical (unpaired) electrons. The van der Waals surface area contributed by atoms with E-state index in [2.05, 4.69) is 15.2 Å². The van der Waals surface area contributed by atoms with Crippen LogP contribution in [0.4, 0.5) is 0 Å². The lowest BCUT2D eigenvalue weighted by atomic mass is 10.4. The first-order valence-corrected chi connectivity index (χ1v) is 3.80. The van der Waals surface area contributed by atoms with Crippen molar-refractivity contribution in [2.75, 3.05) is 6.54 Å². The van der Waals surface area contributed by atoms with Crippen molar-refractivity contribution in [2.24, 2.45) is 0 Å². The molecule has 0 rings (SSSR count). The van der Waals surface area contributed by atoms with E-state index in [0.29, 0.717) is 0 Å². The normalized spacial score (nSPS) is 7.00. The van der Waals surface area contributed by atoms with Crippen molar-refractivity contribution in [1.82, 2.24) is 5.32 Å². The van der Waals surface area contributed by atoms with E-state index in [0.717, 1.165) is 6.54 Å². The lowest BCUT2D eigenvalue weighted by Gasteiger charge is -1.91. The van der Waals surface area contributed by atoms with Crippen LogP contribution in [0.15, 0.2) is 11.8 Å². The van der Waals surface area contributed by atoms with Crippen LogP contribution in [0.3, 0.4) is 0 Å². The zero-order chi connectivity index (χ0) is 7.11. The van der Waals surface area contributed by atoms with E-state index in [1.54, 1.807) is 0 Å². The van der Waals surface area contributed by atoms with Gasteiger partial charge < -0.3 is 5.32 Å². The number of nitrogens with one attached hydrogen (secondary N) is 1. The molecule has 2 heteroatoms. The van der Waals surface area contributed by atoms with E-state index < -0.39 is 0 Å². The summed E-state index contributed by atoms with van der Waals surface area (Å²) >= 11 is 2.02. The Morgan fingerprint density at radius 2 is 2.33 bits per heavy atom. The van der Waals surface area contributed by atoms with Crippen LogP contribution in [0.2, 0.25) is 0 Å². The first kappa shape index (κ1) is 8.83. The molecule has 1 N–H and O–H groups in total. The average Bonchev–Trinajstić information content (AvgIpc) is 1.80. The van der Waals surface area contributed by atoms with Crippen molar-refractivity contribution < 1.29 is 0 Å². The second-order valence-electron chi connectivity index (χ2n) is 1.87. The molecule has 50 valence electrons. The molecule has 0 atom stereocenters. The lowest BCUT2D eigenvalue weighted by molar-refractivity contribution is 0.988. The summed E-state index contributed by atoms with van der Waals surface area (Å²) < 4.78 is 2.77. The van der Waals surface area contributed by atoms with Gasteiger partial charge >= 0.3 is 0 Å². The van der Waals surface area contributed by atoms with Crippen molar-refractivity contribution >= 4 is 22.6 Å². The van der Waals surface area contributed by atoms with E-state index in [4.69, 9.17) is 0 Å². The van der Waals surface area contributed by atoms with Gasteiger partial charge in [-0.25, -0.2) is 0 Å². The lowest BCUT2D eigenvalue weighted by Crippen LogP contribution is -2.04. The fraction of sp³-hybridized carbons (Fsp3) is 0.429. The van der Waals surface area contributed by atoms with Gasteiger partial charge in [0.25, 0.3) is 0 Å². The average molecular weight is 235 g/mol. The molecule has 9 heavy (non-hydrogen) atoms. The van der Waals surface area contributed by atoms with Crippen molar-refractivity contribution in [3.63, 3.8) is 0 Å². The third-order valence-electron chi connectivity index (χ3n) is 0.648. The van der Waals surface area contributed by atoms with Gasteiger partial charge in [0.2, 0.25) is 0 Å². The highest BCUT2D eigenvalue weighted by molar-refractivity contribution is 14.1. The van der Waals surface area contributed by atoms with Crippen LogP contribution in [-0.4, -0.2) is 6.54 Å². The van der Waals surface area contributed by atoms with Crippen LogP contribution in [0.1, 0.15) is 13.8 Å². The minimum Gasteiger partial charge on any atom is -0.380 e. The predicted octanol–water partition coefficient (Wildman–Crippen LogP) is 1.90. The van der Waals surface area contributed by atoms with Gasteiger partial charge in [0.05, 0.1) is 6.54 Å². The summed E-state index contributed by atoms with van der Waals surface area (Å²) in [6, 6.07) is 0. The second kappa shape index (κ2) is 5.96. The Morgan fingerprint density at radius 3 is 2.78 bits per heavy atom. The molecule has 0 unspecified atom stereocenters. The van der Waals surface area contributed by atoms with Gasteiger partial charge in [0, 0.05) is 22.6 Å². The van der Waals surface area contributed by atoms with Crippen LogP contribution in [-0.2, 0) is 0 Å². The molecule has 0 bridgehead atoms. The van der Waals surface area contributed by atoms with Crippen LogP contribution in [0, 0.1) is 9.85 Å². The Kier molecular flexibility index (Phi) is 5.85. The van der Waals surface area contributed by atoms with Crippen molar-refractivity contribution in [3.05, 3.63) is 11.8 Å². The first-order valence-electron chi connectivity index (χ1n) is 2.72. The summed E-state index contributed by atoms with van der Waals surface area (Å²) in [7, 11) is 0. The van der Waals surface area contributed by atoms with E-state index in [1.807, 2.05) is 42.6 Å². The quantitative estimate of drug-likeness (QED) is 0.438. The number of hydrogen-bond donors (Lipinski definition) is 1. The predicted molar refractivity (Wildman–Crippen MR) is 49.2 cm³/mol. The topological polar surface area (TPSA) is 12.0 Å². The summed E-state index contributed by atoms with van der Waals surface area (Å²) in [6.07, 6.45) is 1.96. The van der Waals surface area contributed by atoms with Crippen LogP contribution in [0.25, 0.3) is 0 Å². The van der Waals surface area contributed by atoms with Crippen molar-refractivity contribution in [1.29, 1.82) is 0 Å². The maximum absolute atomic E-state index is 3.05. The second-order valence-corrected chi connectivity index (χ2v) is 2.41. The Balaban J connectivity index is 3.27. The maximum atomic E-state index is 3.05. The first-order chi connectivity index (χ1) is 4.27. The van der Waals surface area contributed by atoms with Gasteiger partial charge in [-0.3, -0.25) is 0 Å². The molecule has 0 aliphatic carbocycles. The molecular weight excluding hydrogens is 225 g/mol. The molecule has 0 aliphatic heterocycles. The van der Waals surface area contributed by atoms with E-state index in [9.17, 15) is 0 Å². The van der Waals surface area contributed by atoms with E-state index in [1.165, 1.54) is 5.57 Å². The molecule has 0 aromatic carbocycles. The highest BCUT2D eigenvalue weighted by atomic mass is 127. The molecule has 0 fully saturated rings. The van der Waals surface area contributed by atoms with Crippen molar-refractivity contribution in [2.45, 2.75) is 13.8 Å². The molecule has 0 aliphatic rings. The van der Waals surface area contributed by atoms with E-state index >= 15 is 0 Å². The summed E-state index contributed by atoms with van der Waals surface area (Å²) in [4.78, 5) is 0. The maximum Gasteiger partial charge on any atom is 0.0769 e. The molecule has 0 amide bonds. The van der Waals surface area contributed by atoms with Gasteiger partial charge in [0.1, 0.15) is 0 Å². The third-order valence-corrected chi connectivity index (χ3v) is 1.03. The smallest absolute Gasteiger partial charge is 0.0769 e. The van der Waals surface area contributed by atoms with Gasteiger partial charge in [-0.15, -0.1) is 0 Å². The molecule has 0 heterocycles. The Hall–Kier alpha value is -0.170. The third kappa shape index (κ3) is 7.83. The summed E-state index contributed by atoms with van der Waals surface area (Å²) in [6.45, 7) is 4.84. The van der Waals surface area contributed by atoms with Gasteiger partial charge in [0.15, 0.2) is 0 Å². The molecule has 0 aromatic heterocycles. The number of allylic oxidation sites excluding steroid dienone is 1. The fourth-order valence-electron chi connectivity index (χ4n) is 0.340. The Bertz CT molecular complexity index is 146. The van der Waals surface area contributed by atoms with Gasteiger partial charge in [-0.2, -0.15) is 0 Å². The molecule has 0 saturated heterocycles. The summed E-state index contributed by atoms with van der Waals surface area (Å²) in [5.74, 6) is 2.88. The zero-order valence-electron chi connectivity index (χ0n) is 5.66. The number of rotatable bonds is 2. The largest absolute Gasteiger partial charge is 0.380 e. The summed E-state index contributed by atoms with van der Waals surface area (Å²) in [5.41, 5.74) is 1.27. The minimum atomic E-state index is 0.744. The number of hydrogen-bond acceptors (Lipinski definition) is 1. The van der Waals surface area contributed by atoms with Gasteiger partial charge in [-0.05, 0) is 24.0 Å². The number of halogens is 1. The molecule has 0 spiro atoms. The van der Waals surface area contributed by atoms with Crippen molar-refractivity contribution in [3.8, 4) is 9.85 Å². The molecule has 0 aromatic rings. The SMILES string of the molecule is CC(C)=CNCC#CI. The zero-order valence-corrected chi connectivity index (χ0v) is 7.82. The molecule has 0 saturated carbocycles. The highest BCUT2D eigenvalue weighted by Gasteiger charge is 1.72. The Labute approximate surface area is 70.1 Å². The molecule has 1 nitrogen and oxygen atoms in total. The standard InChI is InChI=1S/C7H10IN/c1-7(2)6-9-5-3-4-8/h6,9H,5H2,1-2H3. The van der Waals surface area contributed by atoms with Crippen LogP contribution < -0.4 is 5.32 Å². The Morgan fingerprint density at radius 1 is 1.67 bits per heavy atom. The fourth-order valence-corrected chi connectivity index (χ4v) is 0.530. The highest BCUT2D eigenvalue weighted by Crippen LogP contribution is 1.82. The minimum absolute atomic E-state index is 0.744. The summed E-state index contributed by atoms with van der Waals surface area (Å²) in [5, 5.41) is 3.05. The molecular formula is C7H10IN. The van der Waals surface area contributed by atoms with Crippen LogP contribution in [0.5, 0.6) is 0 Å². The monoisotopic (exact) mass is 235 g/mol.